The standard InChI is InChI=1S/C11H10N2OS/c1-13-7-10-9(4-5-14-10)11-3-2-8(6-12)15-11/h2-5,13H,7H2,1H3. The molecule has 1 N–H and O–H groups in total. The molecule has 0 radical (unpaired) electrons. The number of nitrogens with one attached hydrogen (secondary N) is 1. The maximum atomic E-state index is 8.75. The smallest absolute Gasteiger partial charge is 0.126 e. The first-order valence-electron chi connectivity index (χ1n) is 4.56. The van der Waals surface area contributed by atoms with Crippen LogP contribution >= 0.6 is 11.3 Å². The molecule has 0 aromatic carbocycles. The van der Waals surface area contributed by atoms with Gasteiger partial charge in [0.15, 0.2) is 0 Å². The van der Waals surface area contributed by atoms with Crippen molar-refractivity contribution in [1.29, 1.82) is 5.26 Å². The summed E-state index contributed by atoms with van der Waals surface area (Å²) in [7, 11) is 1.88. The van der Waals surface area contributed by atoms with Crippen molar-refractivity contribution in [3.63, 3.8) is 0 Å². The second kappa shape index (κ2) is 4.30. The van der Waals surface area contributed by atoms with Crippen LogP contribution in [-0.2, 0) is 6.54 Å². The fourth-order valence-electron chi connectivity index (χ4n) is 1.40. The number of thiophene rings is 1. The average Bonchev–Trinajstić information content (AvgIpc) is 2.85. The summed E-state index contributed by atoms with van der Waals surface area (Å²) >= 11 is 1.48. The molecule has 15 heavy (non-hydrogen) atoms. The third-order valence-electron chi connectivity index (χ3n) is 2.06. The first kappa shape index (κ1) is 9.97. The zero-order valence-electron chi connectivity index (χ0n) is 8.28. The summed E-state index contributed by atoms with van der Waals surface area (Å²) in [6, 6.07) is 7.84. The van der Waals surface area contributed by atoms with Crippen LogP contribution in [0, 0.1) is 11.3 Å². The van der Waals surface area contributed by atoms with Crippen LogP contribution in [-0.4, -0.2) is 7.05 Å². The van der Waals surface area contributed by atoms with Crippen LogP contribution in [0.2, 0.25) is 0 Å². The Bertz CT molecular complexity index is 493. The van der Waals surface area contributed by atoms with E-state index >= 15 is 0 Å². The van der Waals surface area contributed by atoms with Gasteiger partial charge in [-0.15, -0.1) is 11.3 Å². The highest BCUT2D eigenvalue weighted by molar-refractivity contribution is 7.16. The van der Waals surface area contributed by atoms with E-state index < -0.39 is 0 Å². The summed E-state index contributed by atoms with van der Waals surface area (Å²) in [5.41, 5.74) is 1.07. The van der Waals surface area contributed by atoms with Gasteiger partial charge >= 0.3 is 0 Å². The molecule has 0 aliphatic rings. The minimum Gasteiger partial charge on any atom is -0.467 e. The summed E-state index contributed by atoms with van der Waals surface area (Å²) < 4.78 is 5.36. The Balaban J connectivity index is 2.36. The first-order valence-corrected chi connectivity index (χ1v) is 5.38. The molecule has 2 rings (SSSR count). The number of nitriles is 1. The fraction of sp³-hybridized carbons (Fsp3) is 0.182. The Morgan fingerprint density at radius 1 is 1.47 bits per heavy atom. The van der Waals surface area contributed by atoms with Crippen molar-refractivity contribution in [2.24, 2.45) is 0 Å². The Morgan fingerprint density at radius 2 is 2.33 bits per heavy atom. The summed E-state index contributed by atoms with van der Waals surface area (Å²) in [5, 5.41) is 11.8. The zero-order chi connectivity index (χ0) is 10.7. The van der Waals surface area contributed by atoms with Gasteiger partial charge in [0.05, 0.1) is 12.8 Å². The lowest BCUT2D eigenvalue weighted by Crippen LogP contribution is -2.04. The first-order chi connectivity index (χ1) is 7.35. The molecule has 3 nitrogen and oxygen atoms in total. The Morgan fingerprint density at radius 3 is 3.00 bits per heavy atom. The molecule has 2 aromatic rings. The quantitative estimate of drug-likeness (QED) is 0.861. The van der Waals surface area contributed by atoms with E-state index in [4.69, 9.17) is 9.68 Å². The molecular formula is C11H10N2OS. The van der Waals surface area contributed by atoms with Crippen LogP contribution in [0.3, 0.4) is 0 Å². The molecule has 0 fully saturated rings. The molecule has 2 aromatic heterocycles. The van der Waals surface area contributed by atoms with Crippen molar-refractivity contribution >= 4 is 11.3 Å². The summed E-state index contributed by atoms with van der Waals surface area (Å²) in [4.78, 5) is 1.80. The maximum Gasteiger partial charge on any atom is 0.126 e. The predicted molar refractivity (Wildman–Crippen MR) is 59.5 cm³/mol. The van der Waals surface area contributed by atoms with Crippen LogP contribution in [0.15, 0.2) is 28.9 Å². The summed E-state index contributed by atoms with van der Waals surface area (Å²) in [5.74, 6) is 0.906. The molecule has 0 unspecified atom stereocenters. The van der Waals surface area contributed by atoms with E-state index in [0.29, 0.717) is 6.54 Å². The van der Waals surface area contributed by atoms with E-state index in [0.717, 1.165) is 21.1 Å². The van der Waals surface area contributed by atoms with E-state index in [1.54, 1.807) is 6.26 Å². The number of rotatable bonds is 3. The molecule has 0 saturated heterocycles. The predicted octanol–water partition coefficient (Wildman–Crippen LogP) is 2.60. The van der Waals surface area contributed by atoms with Crippen LogP contribution in [0.4, 0.5) is 0 Å². The van der Waals surface area contributed by atoms with Crippen LogP contribution < -0.4 is 5.32 Å². The SMILES string of the molecule is CNCc1occc1-c1ccc(C#N)s1. The van der Waals surface area contributed by atoms with Gasteiger partial charge in [-0.05, 0) is 25.2 Å². The second-order valence-electron chi connectivity index (χ2n) is 3.06. The van der Waals surface area contributed by atoms with Gasteiger partial charge in [-0.2, -0.15) is 5.26 Å². The number of hydrogen-bond donors (Lipinski definition) is 1. The van der Waals surface area contributed by atoms with Gasteiger partial charge in [-0.1, -0.05) is 0 Å². The third-order valence-corrected chi connectivity index (χ3v) is 3.09. The van der Waals surface area contributed by atoms with Gasteiger partial charge in [0.2, 0.25) is 0 Å². The minimum atomic E-state index is 0.697. The molecule has 0 aliphatic carbocycles. The second-order valence-corrected chi connectivity index (χ2v) is 4.15. The van der Waals surface area contributed by atoms with E-state index in [9.17, 15) is 0 Å². The summed E-state index contributed by atoms with van der Waals surface area (Å²) in [6.07, 6.45) is 1.67. The highest BCUT2D eigenvalue weighted by Gasteiger charge is 2.10. The van der Waals surface area contributed by atoms with E-state index in [2.05, 4.69) is 11.4 Å². The molecule has 0 spiro atoms. The highest BCUT2D eigenvalue weighted by Crippen LogP contribution is 2.31. The van der Waals surface area contributed by atoms with Crippen molar-refractivity contribution in [3.05, 3.63) is 35.1 Å². The van der Waals surface area contributed by atoms with Gasteiger partial charge in [0, 0.05) is 10.4 Å². The molecule has 0 amide bonds. The molecule has 0 saturated carbocycles. The molecule has 76 valence electrons. The molecule has 2 heterocycles. The lowest BCUT2D eigenvalue weighted by molar-refractivity contribution is 0.497. The monoisotopic (exact) mass is 218 g/mol. The van der Waals surface area contributed by atoms with Crippen molar-refractivity contribution in [3.8, 4) is 16.5 Å². The van der Waals surface area contributed by atoms with Crippen molar-refractivity contribution in [2.45, 2.75) is 6.54 Å². The van der Waals surface area contributed by atoms with E-state index in [1.165, 1.54) is 11.3 Å². The fourth-order valence-corrected chi connectivity index (χ4v) is 2.25. The van der Waals surface area contributed by atoms with Crippen LogP contribution in [0.1, 0.15) is 10.6 Å². The van der Waals surface area contributed by atoms with E-state index in [1.807, 2.05) is 25.2 Å². The summed E-state index contributed by atoms with van der Waals surface area (Å²) in [6.45, 7) is 0.697. The maximum absolute atomic E-state index is 8.75. The van der Waals surface area contributed by atoms with E-state index in [-0.39, 0.29) is 0 Å². The Hall–Kier alpha value is -1.57. The average molecular weight is 218 g/mol. The normalized spacial score (nSPS) is 10.1. The number of hydrogen-bond acceptors (Lipinski definition) is 4. The molecule has 0 aliphatic heterocycles. The molecule has 0 bridgehead atoms. The van der Waals surface area contributed by atoms with Gasteiger partial charge in [-0.3, -0.25) is 0 Å². The topological polar surface area (TPSA) is 49.0 Å². The Labute approximate surface area is 92.0 Å². The van der Waals surface area contributed by atoms with Gasteiger partial charge in [-0.25, -0.2) is 0 Å². The van der Waals surface area contributed by atoms with Gasteiger partial charge in [0.25, 0.3) is 0 Å². The largest absolute Gasteiger partial charge is 0.467 e. The third kappa shape index (κ3) is 1.94. The van der Waals surface area contributed by atoms with Crippen LogP contribution in [0.25, 0.3) is 10.4 Å². The Kier molecular flexibility index (Phi) is 2.86. The zero-order valence-corrected chi connectivity index (χ0v) is 9.10. The molecule has 4 heteroatoms. The molecule has 0 atom stereocenters. The highest BCUT2D eigenvalue weighted by atomic mass is 32.1. The number of furan rings is 1. The van der Waals surface area contributed by atoms with Crippen LogP contribution in [0.5, 0.6) is 0 Å². The van der Waals surface area contributed by atoms with Gasteiger partial charge in [0.1, 0.15) is 16.7 Å². The molecular weight excluding hydrogens is 208 g/mol. The van der Waals surface area contributed by atoms with Crippen molar-refractivity contribution < 1.29 is 4.42 Å². The van der Waals surface area contributed by atoms with Crippen molar-refractivity contribution in [1.82, 2.24) is 5.32 Å². The minimum absolute atomic E-state index is 0.697. The van der Waals surface area contributed by atoms with Crippen molar-refractivity contribution in [2.75, 3.05) is 7.05 Å². The lowest BCUT2D eigenvalue weighted by Gasteiger charge is -1.98. The number of nitrogens with zero attached hydrogens (tertiary/aromatic N) is 1. The van der Waals surface area contributed by atoms with Gasteiger partial charge < -0.3 is 9.73 Å². The lowest BCUT2D eigenvalue weighted by atomic mass is 10.2.